The maximum atomic E-state index is 14.2. The van der Waals surface area contributed by atoms with Gasteiger partial charge in [0.25, 0.3) is 0 Å². The quantitative estimate of drug-likeness (QED) is 0.512. The number of nitrogens with one attached hydrogen (secondary N) is 2. The van der Waals surface area contributed by atoms with E-state index in [1.807, 2.05) is 31.2 Å². The highest BCUT2D eigenvalue weighted by molar-refractivity contribution is 6.31. The molecule has 2 bridgehead atoms. The van der Waals surface area contributed by atoms with Crippen LogP contribution in [0.25, 0.3) is 0 Å². The maximum Gasteiger partial charge on any atom is 0.246 e. The number of carbonyl (C=O) groups is 3. The first kappa shape index (κ1) is 27.0. The van der Waals surface area contributed by atoms with E-state index in [2.05, 4.69) is 29.5 Å². The van der Waals surface area contributed by atoms with Crippen molar-refractivity contribution in [3.05, 3.63) is 71.0 Å². The average molecular weight is 563 g/mol. The third kappa shape index (κ3) is 4.41. The molecule has 8 atom stereocenters. The van der Waals surface area contributed by atoms with Gasteiger partial charge in [-0.05, 0) is 54.5 Å². The zero-order valence-electron chi connectivity index (χ0n) is 23.0. The molecule has 3 amide bonds. The molecule has 3 aliphatic heterocycles. The van der Waals surface area contributed by atoms with E-state index in [1.54, 1.807) is 35.5 Å². The van der Waals surface area contributed by atoms with Crippen LogP contribution in [0, 0.1) is 30.6 Å². The number of ether oxygens (including phenoxy) is 1. The molecule has 1 aromatic heterocycles. The second-order valence-corrected chi connectivity index (χ2v) is 12.3. The summed E-state index contributed by atoms with van der Waals surface area (Å²) < 4.78 is 6.47. The van der Waals surface area contributed by atoms with Crippen molar-refractivity contribution < 1.29 is 19.1 Å². The summed E-state index contributed by atoms with van der Waals surface area (Å²) in [6.45, 7) is 6.49. The SMILES string of the molecule is Cc1ccc(NC(=O)[C@H]2[C@H]3C=C[C@@]4(O3)[C@H]2C(=O)N(Cc2cccnc2)[C@@H]4C(=O)N[C@@H]2CCC[C@H](C)[C@H]2C)cc1Cl. The minimum atomic E-state index is -1.22. The van der Waals surface area contributed by atoms with Crippen LogP contribution in [-0.4, -0.2) is 51.4 Å². The summed E-state index contributed by atoms with van der Waals surface area (Å²) in [4.78, 5) is 47.8. The number of hydrogen-bond acceptors (Lipinski definition) is 5. The van der Waals surface area contributed by atoms with Gasteiger partial charge in [0.1, 0.15) is 11.6 Å². The molecule has 0 radical (unpaired) electrons. The number of aryl methyl sites for hydroxylation is 1. The van der Waals surface area contributed by atoms with Crippen molar-refractivity contribution in [1.29, 1.82) is 0 Å². The van der Waals surface area contributed by atoms with E-state index in [0.717, 1.165) is 30.4 Å². The molecule has 1 saturated carbocycles. The largest absolute Gasteiger partial charge is 0.359 e. The van der Waals surface area contributed by atoms with Gasteiger partial charge in [-0.2, -0.15) is 0 Å². The standard InChI is InChI=1S/C31H35ClN4O4/c1-17-6-4-8-23(19(17)3)35-29(38)27-31-12-11-24(40-31)25(28(37)34-21-10-9-18(2)22(32)14-21)26(31)30(39)36(27)16-20-7-5-13-33-15-20/h5,7,9-15,17,19,23-27H,4,6,8,16H2,1-3H3,(H,34,37)(H,35,38)/t17-,19+,23+,24+,25-,26+,27+,31+/m0/s1. The highest BCUT2D eigenvalue weighted by Crippen LogP contribution is 2.55. The number of likely N-dealkylation sites (tertiary alicyclic amines) is 1. The van der Waals surface area contributed by atoms with E-state index in [1.165, 1.54) is 0 Å². The molecule has 8 nitrogen and oxygen atoms in total. The van der Waals surface area contributed by atoms with Gasteiger partial charge in [0.2, 0.25) is 17.7 Å². The van der Waals surface area contributed by atoms with Gasteiger partial charge in [-0.3, -0.25) is 19.4 Å². The molecule has 2 saturated heterocycles. The molecule has 2 aromatic rings. The number of hydrogen-bond donors (Lipinski definition) is 2. The van der Waals surface area contributed by atoms with E-state index >= 15 is 0 Å². The molecular weight excluding hydrogens is 528 g/mol. The van der Waals surface area contributed by atoms with Gasteiger partial charge >= 0.3 is 0 Å². The number of amides is 3. The van der Waals surface area contributed by atoms with Gasteiger partial charge in [-0.15, -0.1) is 0 Å². The zero-order chi connectivity index (χ0) is 28.2. The third-order valence-corrected chi connectivity index (χ3v) is 9.88. The fraction of sp³-hybridized carbons (Fsp3) is 0.484. The van der Waals surface area contributed by atoms with Crippen LogP contribution in [-0.2, 0) is 25.7 Å². The third-order valence-electron chi connectivity index (χ3n) is 9.47. The first-order valence-corrected chi connectivity index (χ1v) is 14.5. The number of benzene rings is 1. The van der Waals surface area contributed by atoms with Crippen LogP contribution < -0.4 is 10.6 Å². The Morgan fingerprint density at radius 2 is 2.02 bits per heavy atom. The Balaban J connectivity index is 1.32. The summed E-state index contributed by atoms with van der Waals surface area (Å²) in [5, 5.41) is 6.76. The van der Waals surface area contributed by atoms with Crippen molar-refractivity contribution in [3.8, 4) is 0 Å². The van der Waals surface area contributed by atoms with Crippen molar-refractivity contribution in [1.82, 2.24) is 15.2 Å². The Labute approximate surface area is 239 Å². The van der Waals surface area contributed by atoms with Gasteiger partial charge < -0.3 is 20.3 Å². The van der Waals surface area contributed by atoms with Gasteiger partial charge in [-0.25, -0.2) is 0 Å². The Kier molecular flexibility index (Phi) is 6.95. The molecule has 6 rings (SSSR count). The first-order chi connectivity index (χ1) is 19.2. The van der Waals surface area contributed by atoms with Gasteiger partial charge in [0.15, 0.2) is 0 Å². The van der Waals surface area contributed by atoms with Gasteiger partial charge in [0, 0.05) is 35.7 Å². The number of aromatic nitrogens is 1. The molecule has 4 heterocycles. The molecule has 1 aliphatic carbocycles. The van der Waals surface area contributed by atoms with Gasteiger partial charge in [0.05, 0.1) is 17.9 Å². The molecule has 4 aliphatic rings. The van der Waals surface area contributed by atoms with Crippen LogP contribution in [0.1, 0.15) is 44.2 Å². The number of anilines is 1. The Morgan fingerprint density at radius 3 is 2.77 bits per heavy atom. The number of nitrogens with zero attached hydrogens (tertiary/aromatic N) is 2. The zero-order valence-corrected chi connectivity index (χ0v) is 23.7. The van der Waals surface area contributed by atoms with Crippen LogP contribution in [0.4, 0.5) is 5.69 Å². The van der Waals surface area contributed by atoms with Gasteiger partial charge in [-0.1, -0.05) is 62.6 Å². The lowest BCUT2D eigenvalue weighted by molar-refractivity contribution is -0.142. The van der Waals surface area contributed by atoms with E-state index in [-0.39, 0.29) is 30.3 Å². The van der Waals surface area contributed by atoms with Crippen molar-refractivity contribution in [2.75, 3.05) is 5.32 Å². The predicted molar refractivity (Wildman–Crippen MR) is 151 cm³/mol. The van der Waals surface area contributed by atoms with Crippen molar-refractivity contribution >= 4 is 35.0 Å². The van der Waals surface area contributed by atoms with Crippen LogP contribution in [0.15, 0.2) is 54.9 Å². The number of halogens is 1. The lowest BCUT2D eigenvalue weighted by Gasteiger charge is -2.38. The topological polar surface area (TPSA) is 101 Å². The van der Waals surface area contributed by atoms with Crippen molar-refractivity contribution in [2.24, 2.45) is 23.7 Å². The lowest BCUT2D eigenvalue weighted by Crippen LogP contribution is -2.57. The predicted octanol–water partition coefficient (Wildman–Crippen LogP) is 4.27. The summed E-state index contributed by atoms with van der Waals surface area (Å²) in [5.74, 6) is -1.59. The van der Waals surface area contributed by atoms with E-state index in [4.69, 9.17) is 16.3 Å². The van der Waals surface area contributed by atoms with Crippen LogP contribution in [0.5, 0.6) is 0 Å². The number of carbonyl (C=O) groups excluding carboxylic acids is 3. The molecular formula is C31H35ClN4O4. The minimum absolute atomic E-state index is 0.0232. The average Bonchev–Trinajstić information content (AvgIpc) is 3.57. The van der Waals surface area contributed by atoms with Crippen molar-refractivity contribution in [2.45, 2.75) is 70.4 Å². The smallest absolute Gasteiger partial charge is 0.246 e. The Bertz CT molecular complexity index is 1370. The molecule has 2 N–H and O–H groups in total. The molecule has 9 heteroatoms. The first-order valence-electron chi connectivity index (χ1n) is 14.1. The molecule has 40 heavy (non-hydrogen) atoms. The Morgan fingerprint density at radius 1 is 1.20 bits per heavy atom. The maximum absolute atomic E-state index is 14.2. The molecule has 1 aromatic carbocycles. The summed E-state index contributed by atoms with van der Waals surface area (Å²) in [6, 6.07) is 8.12. The fourth-order valence-electron chi connectivity index (χ4n) is 7.07. The lowest BCUT2D eigenvalue weighted by atomic mass is 9.73. The number of pyridine rings is 1. The molecule has 3 fully saturated rings. The number of rotatable bonds is 6. The summed E-state index contributed by atoms with van der Waals surface area (Å²) in [6.07, 6.45) is 9.53. The minimum Gasteiger partial charge on any atom is -0.359 e. The van der Waals surface area contributed by atoms with Crippen LogP contribution in [0.3, 0.4) is 0 Å². The van der Waals surface area contributed by atoms with Crippen LogP contribution >= 0.6 is 11.6 Å². The summed E-state index contributed by atoms with van der Waals surface area (Å²) in [7, 11) is 0. The second-order valence-electron chi connectivity index (χ2n) is 11.9. The monoisotopic (exact) mass is 562 g/mol. The second kappa shape index (κ2) is 10.3. The van der Waals surface area contributed by atoms with Crippen molar-refractivity contribution in [3.63, 3.8) is 0 Å². The fourth-order valence-corrected chi connectivity index (χ4v) is 7.25. The molecule has 1 spiro atoms. The molecule has 210 valence electrons. The van der Waals surface area contributed by atoms with E-state index in [0.29, 0.717) is 22.5 Å². The highest BCUT2D eigenvalue weighted by Gasteiger charge is 2.72. The normalized spacial score (nSPS) is 34.1. The van der Waals surface area contributed by atoms with E-state index < -0.39 is 29.6 Å². The highest BCUT2D eigenvalue weighted by atomic mass is 35.5. The van der Waals surface area contributed by atoms with Crippen LogP contribution in [0.2, 0.25) is 5.02 Å². The summed E-state index contributed by atoms with van der Waals surface area (Å²) in [5.41, 5.74) is 1.04. The number of fused-ring (bicyclic) bond motifs is 1. The van der Waals surface area contributed by atoms with E-state index in [9.17, 15) is 14.4 Å². The Hall–Kier alpha value is -3.23. The molecule has 0 unspecified atom stereocenters. The summed E-state index contributed by atoms with van der Waals surface area (Å²) >= 11 is 6.28.